The van der Waals surface area contributed by atoms with Gasteiger partial charge in [-0.3, -0.25) is 4.79 Å². The number of rotatable bonds is 5. The molecule has 4 rings (SSSR count). The van der Waals surface area contributed by atoms with Crippen molar-refractivity contribution in [3.05, 3.63) is 53.6 Å². The lowest BCUT2D eigenvalue weighted by atomic mass is 10.1. The fourth-order valence-electron chi connectivity index (χ4n) is 3.91. The highest BCUT2D eigenvalue weighted by atomic mass is 32.2. The van der Waals surface area contributed by atoms with Crippen molar-refractivity contribution in [1.29, 1.82) is 0 Å². The third-order valence-corrected chi connectivity index (χ3v) is 7.73. The van der Waals surface area contributed by atoms with Crippen LogP contribution in [-0.2, 0) is 10.0 Å². The van der Waals surface area contributed by atoms with E-state index in [1.165, 1.54) is 6.07 Å². The van der Waals surface area contributed by atoms with Gasteiger partial charge in [0.1, 0.15) is 12.7 Å². The topological polar surface area (TPSA) is 84.9 Å². The Labute approximate surface area is 183 Å². The van der Waals surface area contributed by atoms with Crippen LogP contribution in [0.15, 0.2) is 47.4 Å². The highest BCUT2D eigenvalue weighted by molar-refractivity contribution is 7.89. The first-order valence-corrected chi connectivity index (χ1v) is 12.2. The van der Waals surface area contributed by atoms with Gasteiger partial charge in [-0.15, -0.1) is 0 Å². The van der Waals surface area contributed by atoms with Crippen molar-refractivity contribution in [2.75, 3.05) is 26.2 Å². The fraction of sp³-hybridized carbons (Fsp3) is 0.435. The summed E-state index contributed by atoms with van der Waals surface area (Å²) >= 11 is 0. The van der Waals surface area contributed by atoms with Gasteiger partial charge >= 0.3 is 0 Å². The van der Waals surface area contributed by atoms with E-state index < -0.39 is 10.0 Å². The fourth-order valence-corrected chi connectivity index (χ4v) is 5.68. The van der Waals surface area contributed by atoms with E-state index in [4.69, 9.17) is 9.47 Å². The molecular weight excluding hydrogens is 416 g/mol. The van der Waals surface area contributed by atoms with Crippen molar-refractivity contribution in [1.82, 2.24) is 9.62 Å². The molecule has 2 heterocycles. The van der Waals surface area contributed by atoms with Gasteiger partial charge in [0, 0.05) is 18.7 Å². The number of hydrogen-bond donors (Lipinski definition) is 1. The molecule has 1 saturated heterocycles. The van der Waals surface area contributed by atoms with Gasteiger partial charge in [0.2, 0.25) is 10.0 Å². The van der Waals surface area contributed by atoms with Crippen LogP contribution in [0.3, 0.4) is 0 Å². The number of carbonyl (C=O) groups is 1. The Morgan fingerprint density at radius 3 is 2.52 bits per heavy atom. The first-order valence-electron chi connectivity index (χ1n) is 10.7. The highest BCUT2D eigenvalue weighted by Gasteiger charge is 2.28. The van der Waals surface area contributed by atoms with E-state index in [1.54, 1.807) is 23.4 Å². The Hall–Kier alpha value is -2.58. The lowest BCUT2D eigenvalue weighted by molar-refractivity contribution is 0.0789. The van der Waals surface area contributed by atoms with E-state index in [0.29, 0.717) is 42.3 Å². The Kier molecular flexibility index (Phi) is 6.48. The van der Waals surface area contributed by atoms with Gasteiger partial charge in [0.15, 0.2) is 11.5 Å². The molecule has 0 saturated carbocycles. The van der Waals surface area contributed by atoms with E-state index >= 15 is 0 Å². The maximum Gasteiger partial charge on any atom is 0.251 e. The standard InChI is InChI=1S/C23H28N2O5S/c1-17-10-11-18(14-22(17)31(27,28)25-12-6-2-3-7-13-25)23(26)24-15-19-16-29-20-8-4-5-9-21(20)30-19/h4-5,8-11,14,19H,2-3,6-7,12-13,15-16H2,1H3,(H,24,26). The summed E-state index contributed by atoms with van der Waals surface area (Å²) in [6.07, 6.45) is 3.51. The average Bonchev–Trinajstić information content (AvgIpc) is 3.08. The molecule has 0 spiro atoms. The molecule has 1 fully saturated rings. The molecule has 2 aromatic rings. The molecule has 166 valence electrons. The number of nitrogens with one attached hydrogen (secondary N) is 1. The molecule has 8 heteroatoms. The Morgan fingerprint density at radius 1 is 1.06 bits per heavy atom. The summed E-state index contributed by atoms with van der Waals surface area (Å²) in [5.74, 6) is 0.996. The van der Waals surface area contributed by atoms with Crippen LogP contribution in [0.4, 0.5) is 0 Å². The number of fused-ring (bicyclic) bond motifs is 1. The summed E-state index contributed by atoms with van der Waals surface area (Å²) in [6.45, 7) is 3.41. The smallest absolute Gasteiger partial charge is 0.251 e. The molecule has 1 amide bonds. The van der Waals surface area contributed by atoms with Crippen LogP contribution in [0.2, 0.25) is 0 Å². The molecule has 0 bridgehead atoms. The zero-order chi connectivity index (χ0) is 21.8. The molecule has 31 heavy (non-hydrogen) atoms. The maximum absolute atomic E-state index is 13.2. The molecule has 1 unspecified atom stereocenters. The highest BCUT2D eigenvalue weighted by Crippen LogP contribution is 2.30. The van der Waals surface area contributed by atoms with Crippen molar-refractivity contribution >= 4 is 15.9 Å². The lowest BCUT2D eigenvalue weighted by Crippen LogP contribution is -2.40. The molecule has 1 N–H and O–H groups in total. The van der Waals surface area contributed by atoms with E-state index in [0.717, 1.165) is 25.7 Å². The maximum atomic E-state index is 13.2. The molecule has 1 atom stereocenters. The predicted molar refractivity (Wildman–Crippen MR) is 117 cm³/mol. The second-order valence-corrected chi connectivity index (χ2v) is 9.91. The molecule has 2 aromatic carbocycles. The van der Waals surface area contributed by atoms with Crippen molar-refractivity contribution in [3.8, 4) is 11.5 Å². The summed E-state index contributed by atoms with van der Waals surface area (Å²) in [5, 5.41) is 2.83. The summed E-state index contributed by atoms with van der Waals surface area (Å²) in [5.41, 5.74) is 0.956. The van der Waals surface area contributed by atoms with Crippen LogP contribution in [0.5, 0.6) is 11.5 Å². The first kappa shape index (κ1) is 21.6. The monoisotopic (exact) mass is 444 g/mol. The van der Waals surface area contributed by atoms with E-state index in [2.05, 4.69) is 5.32 Å². The number of amides is 1. The predicted octanol–water partition coefficient (Wildman–Crippen LogP) is 3.13. The number of ether oxygens (including phenoxy) is 2. The Morgan fingerprint density at radius 2 is 1.77 bits per heavy atom. The number of nitrogens with zero attached hydrogens (tertiary/aromatic N) is 1. The number of hydrogen-bond acceptors (Lipinski definition) is 5. The van der Waals surface area contributed by atoms with Gasteiger partial charge in [-0.25, -0.2) is 8.42 Å². The van der Waals surface area contributed by atoms with Crippen LogP contribution < -0.4 is 14.8 Å². The molecular formula is C23H28N2O5S. The van der Waals surface area contributed by atoms with Crippen molar-refractivity contribution in [2.24, 2.45) is 0 Å². The Bertz CT molecular complexity index is 1050. The van der Waals surface area contributed by atoms with Crippen molar-refractivity contribution < 1.29 is 22.7 Å². The van der Waals surface area contributed by atoms with Gasteiger partial charge in [-0.2, -0.15) is 4.31 Å². The van der Waals surface area contributed by atoms with E-state index in [1.807, 2.05) is 24.3 Å². The summed E-state index contributed by atoms with van der Waals surface area (Å²) in [6, 6.07) is 12.2. The second-order valence-electron chi connectivity index (χ2n) is 8.01. The minimum atomic E-state index is -3.63. The minimum Gasteiger partial charge on any atom is -0.486 e. The normalized spacial score (nSPS) is 19.5. The number of para-hydroxylation sites is 2. The second kappa shape index (κ2) is 9.28. The largest absolute Gasteiger partial charge is 0.486 e. The van der Waals surface area contributed by atoms with Gasteiger partial charge in [-0.1, -0.05) is 31.0 Å². The number of sulfonamides is 1. The average molecular weight is 445 g/mol. The van der Waals surface area contributed by atoms with Gasteiger partial charge < -0.3 is 14.8 Å². The number of benzene rings is 2. The van der Waals surface area contributed by atoms with Crippen LogP contribution in [-0.4, -0.2) is 51.0 Å². The van der Waals surface area contributed by atoms with Crippen LogP contribution in [0.25, 0.3) is 0 Å². The SMILES string of the molecule is Cc1ccc(C(=O)NCC2COc3ccccc3O2)cc1S(=O)(=O)N1CCCCCC1. The van der Waals surface area contributed by atoms with E-state index in [-0.39, 0.29) is 23.5 Å². The van der Waals surface area contributed by atoms with Crippen molar-refractivity contribution in [2.45, 2.75) is 43.6 Å². The third kappa shape index (κ3) is 4.85. The first-order chi connectivity index (χ1) is 14.9. The summed E-state index contributed by atoms with van der Waals surface area (Å²) in [7, 11) is -3.63. The van der Waals surface area contributed by atoms with Crippen molar-refractivity contribution in [3.63, 3.8) is 0 Å². The van der Waals surface area contributed by atoms with Crippen LogP contribution in [0, 0.1) is 6.92 Å². The molecule has 2 aliphatic heterocycles. The zero-order valence-electron chi connectivity index (χ0n) is 17.7. The third-order valence-electron chi connectivity index (χ3n) is 5.69. The minimum absolute atomic E-state index is 0.202. The zero-order valence-corrected chi connectivity index (χ0v) is 18.5. The summed E-state index contributed by atoms with van der Waals surface area (Å²) in [4.78, 5) is 12.9. The van der Waals surface area contributed by atoms with Gasteiger partial charge in [0.25, 0.3) is 5.91 Å². The van der Waals surface area contributed by atoms with Gasteiger partial charge in [-0.05, 0) is 49.6 Å². The lowest BCUT2D eigenvalue weighted by Gasteiger charge is -2.26. The number of aryl methyl sites for hydroxylation is 1. The number of carbonyl (C=O) groups excluding carboxylic acids is 1. The molecule has 0 aliphatic carbocycles. The quantitative estimate of drug-likeness (QED) is 0.766. The summed E-state index contributed by atoms with van der Waals surface area (Å²) < 4.78 is 39.5. The van der Waals surface area contributed by atoms with Crippen LogP contribution in [0.1, 0.15) is 41.6 Å². The molecule has 2 aliphatic rings. The molecule has 0 radical (unpaired) electrons. The van der Waals surface area contributed by atoms with Gasteiger partial charge in [0.05, 0.1) is 11.4 Å². The van der Waals surface area contributed by atoms with Crippen LogP contribution >= 0.6 is 0 Å². The molecule has 7 nitrogen and oxygen atoms in total. The molecule has 0 aromatic heterocycles. The van der Waals surface area contributed by atoms with E-state index in [9.17, 15) is 13.2 Å². The Balaban J connectivity index is 1.44.